The highest BCUT2D eigenvalue weighted by Crippen LogP contribution is 2.25. The van der Waals surface area contributed by atoms with E-state index < -0.39 is 5.97 Å². The average Bonchev–Trinajstić information content (AvgIpc) is 2.32. The molecule has 17 heavy (non-hydrogen) atoms. The fraction of sp³-hybridized carbons (Fsp3) is 0.0714. The first kappa shape index (κ1) is 11.9. The highest BCUT2D eigenvalue weighted by atomic mass is 79.9. The van der Waals surface area contributed by atoms with Gasteiger partial charge in [-0.05, 0) is 28.8 Å². The van der Waals surface area contributed by atoms with E-state index in [2.05, 4.69) is 15.9 Å². The minimum Gasteiger partial charge on any atom is -0.481 e. The summed E-state index contributed by atoms with van der Waals surface area (Å²) in [4.78, 5) is 10.7. The van der Waals surface area contributed by atoms with Crippen molar-refractivity contribution in [3.05, 3.63) is 58.6 Å². The molecule has 0 radical (unpaired) electrons. The standard InChI is InChI=1S/C14H11BrO2/c15-13-7-6-11(8-12(13)9-14(16)17)10-4-2-1-3-5-10/h1-8H,9H2,(H,16,17). The van der Waals surface area contributed by atoms with Gasteiger partial charge in [-0.25, -0.2) is 0 Å². The zero-order chi connectivity index (χ0) is 12.3. The van der Waals surface area contributed by atoms with Crippen molar-refractivity contribution in [1.82, 2.24) is 0 Å². The summed E-state index contributed by atoms with van der Waals surface area (Å²) in [6.45, 7) is 0. The Labute approximate surface area is 108 Å². The zero-order valence-electron chi connectivity index (χ0n) is 9.06. The second kappa shape index (κ2) is 5.15. The molecule has 2 aromatic carbocycles. The number of halogens is 1. The van der Waals surface area contributed by atoms with Crippen LogP contribution in [0.3, 0.4) is 0 Å². The molecule has 2 nitrogen and oxygen atoms in total. The summed E-state index contributed by atoms with van der Waals surface area (Å²) in [5, 5.41) is 8.83. The number of rotatable bonds is 3. The van der Waals surface area contributed by atoms with Gasteiger partial charge in [0.1, 0.15) is 0 Å². The molecule has 86 valence electrons. The van der Waals surface area contributed by atoms with Gasteiger partial charge in [-0.2, -0.15) is 0 Å². The lowest BCUT2D eigenvalue weighted by molar-refractivity contribution is -0.136. The van der Waals surface area contributed by atoms with E-state index in [4.69, 9.17) is 5.11 Å². The number of carboxylic acid groups (broad SMARTS) is 1. The number of hydrogen-bond acceptors (Lipinski definition) is 1. The molecule has 2 aromatic rings. The van der Waals surface area contributed by atoms with Gasteiger partial charge < -0.3 is 5.11 Å². The van der Waals surface area contributed by atoms with E-state index in [9.17, 15) is 4.79 Å². The summed E-state index contributed by atoms with van der Waals surface area (Å²) in [5.74, 6) is -0.823. The van der Waals surface area contributed by atoms with Crippen molar-refractivity contribution < 1.29 is 9.90 Å². The number of hydrogen-bond donors (Lipinski definition) is 1. The quantitative estimate of drug-likeness (QED) is 0.935. The number of aliphatic carboxylic acids is 1. The smallest absolute Gasteiger partial charge is 0.307 e. The molecule has 0 unspecified atom stereocenters. The van der Waals surface area contributed by atoms with E-state index in [1.54, 1.807) is 0 Å². The fourth-order valence-electron chi connectivity index (χ4n) is 1.68. The maximum absolute atomic E-state index is 10.7. The predicted octanol–water partition coefficient (Wildman–Crippen LogP) is 3.74. The molecule has 0 atom stereocenters. The van der Waals surface area contributed by atoms with Crippen LogP contribution in [0.5, 0.6) is 0 Å². The lowest BCUT2D eigenvalue weighted by Gasteiger charge is -2.06. The van der Waals surface area contributed by atoms with Crippen LogP contribution in [0, 0.1) is 0 Å². The van der Waals surface area contributed by atoms with Gasteiger partial charge in [0.25, 0.3) is 0 Å². The van der Waals surface area contributed by atoms with Gasteiger partial charge >= 0.3 is 5.97 Å². The van der Waals surface area contributed by atoms with E-state index in [0.29, 0.717) is 0 Å². The Morgan fingerprint density at radius 3 is 2.41 bits per heavy atom. The maximum atomic E-state index is 10.7. The molecular weight excluding hydrogens is 280 g/mol. The van der Waals surface area contributed by atoms with Crippen LogP contribution in [0.1, 0.15) is 5.56 Å². The minimum absolute atomic E-state index is 0.0290. The second-order valence-corrected chi connectivity index (χ2v) is 4.60. The molecule has 0 aliphatic heterocycles. The van der Waals surface area contributed by atoms with Gasteiger partial charge in [0.15, 0.2) is 0 Å². The van der Waals surface area contributed by atoms with Crippen LogP contribution >= 0.6 is 15.9 Å². The number of benzene rings is 2. The van der Waals surface area contributed by atoms with Crippen LogP contribution in [-0.2, 0) is 11.2 Å². The summed E-state index contributed by atoms with van der Waals surface area (Å²) < 4.78 is 0.833. The first-order valence-electron chi connectivity index (χ1n) is 5.22. The molecule has 0 saturated carbocycles. The molecule has 0 fully saturated rings. The van der Waals surface area contributed by atoms with Gasteiger partial charge in [-0.3, -0.25) is 4.79 Å². The third-order valence-corrected chi connectivity index (χ3v) is 3.27. The molecule has 1 N–H and O–H groups in total. The Hall–Kier alpha value is -1.61. The first-order chi connectivity index (χ1) is 8.16. The molecule has 0 aromatic heterocycles. The van der Waals surface area contributed by atoms with Crippen molar-refractivity contribution in [2.45, 2.75) is 6.42 Å². The summed E-state index contributed by atoms with van der Waals surface area (Å²) in [7, 11) is 0. The molecule has 0 spiro atoms. The van der Waals surface area contributed by atoms with Crippen molar-refractivity contribution in [3.8, 4) is 11.1 Å². The van der Waals surface area contributed by atoms with Crippen molar-refractivity contribution in [3.63, 3.8) is 0 Å². The molecule has 0 aliphatic carbocycles. The van der Waals surface area contributed by atoms with E-state index in [-0.39, 0.29) is 6.42 Å². The van der Waals surface area contributed by atoms with Crippen LogP contribution in [0.4, 0.5) is 0 Å². The SMILES string of the molecule is O=C(O)Cc1cc(-c2ccccc2)ccc1Br. The Kier molecular flexibility index (Phi) is 3.59. The molecule has 2 rings (SSSR count). The van der Waals surface area contributed by atoms with Gasteiger partial charge in [0.2, 0.25) is 0 Å². The molecule has 3 heteroatoms. The van der Waals surface area contributed by atoms with E-state index >= 15 is 0 Å². The van der Waals surface area contributed by atoms with Crippen LogP contribution in [0.2, 0.25) is 0 Å². The van der Waals surface area contributed by atoms with Crippen LogP contribution in [-0.4, -0.2) is 11.1 Å². The number of carboxylic acids is 1. The zero-order valence-corrected chi connectivity index (χ0v) is 10.6. The van der Waals surface area contributed by atoms with Crippen molar-refractivity contribution >= 4 is 21.9 Å². The van der Waals surface area contributed by atoms with Crippen LogP contribution < -0.4 is 0 Å². The summed E-state index contributed by atoms with van der Waals surface area (Å²) in [6.07, 6.45) is 0.0290. The Morgan fingerprint density at radius 2 is 1.76 bits per heavy atom. The van der Waals surface area contributed by atoms with Gasteiger partial charge in [0, 0.05) is 4.47 Å². The lowest BCUT2D eigenvalue weighted by Crippen LogP contribution is -2.00. The molecule has 0 saturated heterocycles. The maximum Gasteiger partial charge on any atom is 0.307 e. The summed E-state index contributed by atoms with van der Waals surface area (Å²) in [6, 6.07) is 15.7. The van der Waals surface area contributed by atoms with E-state index in [0.717, 1.165) is 21.2 Å². The molecular formula is C14H11BrO2. The third-order valence-electron chi connectivity index (χ3n) is 2.49. The largest absolute Gasteiger partial charge is 0.481 e. The Bertz CT molecular complexity index is 535. The number of carbonyl (C=O) groups is 1. The van der Waals surface area contributed by atoms with Crippen molar-refractivity contribution in [2.75, 3.05) is 0 Å². The van der Waals surface area contributed by atoms with Gasteiger partial charge in [-0.1, -0.05) is 52.3 Å². The lowest BCUT2D eigenvalue weighted by atomic mass is 10.0. The molecule has 0 heterocycles. The third kappa shape index (κ3) is 2.94. The van der Waals surface area contributed by atoms with Crippen molar-refractivity contribution in [2.24, 2.45) is 0 Å². The first-order valence-corrected chi connectivity index (χ1v) is 6.02. The fourth-order valence-corrected chi connectivity index (χ4v) is 2.07. The van der Waals surface area contributed by atoms with Crippen molar-refractivity contribution in [1.29, 1.82) is 0 Å². The van der Waals surface area contributed by atoms with Crippen LogP contribution in [0.25, 0.3) is 11.1 Å². The Balaban J connectivity index is 2.41. The average molecular weight is 291 g/mol. The summed E-state index contributed by atoms with van der Waals surface area (Å²) in [5.41, 5.74) is 2.91. The van der Waals surface area contributed by atoms with Gasteiger partial charge in [-0.15, -0.1) is 0 Å². The topological polar surface area (TPSA) is 37.3 Å². The molecule has 0 aliphatic rings. The molecule has 0 amide bonds. The normalized spacial score (nSPS) is 10.2. The highest BCUT2D eigenvalue weighted by Gasteiger charge is 2.07. The Morgan fingerprint density at radius 1 is 1.06 bits per heavy atom. The second-order valence-electron chi connectivity index (χ2n) is 3.74. The summed E-state index contributed by atoms with van der Waals surface area (Å²) >= 11 is 3.37. The predicted molar refractivity (Wildman–Crippen MR) is 70.9 cm³/mol. The molecule has 0 bridgehead atoms. The van der Waals surface area contributed by atoms with Gasteiger partial charge in [0.05, 0.1) is 6.42 Å². The van der Waals surface area contributed by atoms with E-state index in [1.807, 2.05) is 48.5 Å². The minimum atomic E-state index is -0.823. The van der Waals surface area contributed by atoms with Crippen LogP contribution in [0.15, 0.2) is 53.0 Å². The highest BCUT2D eigenvalue weighted by molar-refractivity contribution is 9.10. The monoisotopic (exact) mass is 290 g/mol. The van der Waals surface area contributed by atoms with E-state index in [1.165, 1.54) is 0 Å².